The van der Waals surface area contributed by atoms with Crippen molar-refractivity contribution in [2.45, 2.75) is 43.2 Å². The summed E-state index contributed by atoms with van der Waals surface area (Å²) in [6.45, 7) is 5.61. The van der Waals surface area contributed by atoms with Crippen molar-refractivity contribution in [3.8, 4) is 5.75 Å². The number of benzene rings is 1. The molecule has 3 atom stereocenters. The Balaban J connectivity index is 1.86. The molecule has 3 unspecified atom stereocenters. The lowest BCUT2D eigenvalue weighted by atomic mass is 9.91. The van der Waals surface area contributed by atoms with Gasteiger partial charge in [0.05, 0.1) is 13.2 Å². The summed E-state index contributed by atoms with van der Waals surface area (Å²) in [7, 11) is 1.68. The van der Waals surface area contributed by atoms with Gasteiger partial charge in [0.25, 0.3) is 0 Å². The quantitative estimate of drug-likeness (QED) is 0.557. The van der Waals surface area contributed by atoms with Gasteiger partial charge in [0.1, 0.15) is 18.0 Å². The Morgan fingerprint density at radius 1 is 1.20 bits per heavy atom. The van der Waals surface area contributed by atoms with Crippen LogP contribution in [0.15, 0.2) is 24.3 Å². The Kier molecular flexibility index (Phi) is 5.87. The molecule has 0 aliphatic heterocycles. The van der Waals surface area contributed by atoms with Crippen LogP contribution < -0.4 is 4.74 Å². The Hall–Kier alpha value is -0.580. The number of hydrogen-bond acceptors (Lipinski definition) is 3. The summed E-state index contributed by atoms with van der Waals surface area (Å²) in [5.41, 5.74) is 1.33. The molecule has 0 radical (unpaired) electrons. The second-order valence-corrected chi connectivity index (χ2v) is 6.64. The number of ether oxygens (including phenoxy) is 3. The van der Waals surface area contributed by atoms with E-state index < -0.39 is 0 Å². The van der Waals surface area contributed by atoms with Gasteiger partial charge in [-0.15, -0.1) is 0 Å². The van der Waals surface area contributed by atoms with Crippen molar-refractivity contribution in [2.75, 3.05) is 20.3 Å². The molecular formula is C16H23BrO3. The first kappa shape index (κ1) is 15.8. The fourth-order valence-corrected chi connectivity index (χ4v) is 3.09. The summed E-state index contributed by atoms with van der Waals surface area (Å²) >= 11 is 3.62. The first-order valence-electron chi connectivity index (χ1n) is 7.13. The summed E-state index contributed by atoms with van der Waals surface area (Å²) < 4.78 is 16.8. The van der Waals surface area contributed by atoms with Crippen molar-refractivity contribution in [1.29, 1.82) is 0 Å². The molecule has 4 heteroatoms. The molecule has 0 amide bonds. The molecule has 0 heterocycles. The zero-order chi connectivity index (χ0) is 14.5. The summed E-state index contributed by atoms with van der Waals surface area (Å²) in [6.07, 6.45) is 1.21. The molecule has 2 rings (SSSR count). The van der Waals surface area contributed by atoms with Gasteiger partial charge in [0.15, 0.2) is 0 Å². The highest BCUT2D eigenvalue weighted by Crippen LogP contribution is 2.34. The standard InChI is InChI=1S/C16H23BrO3/c1-11(2)12-4-6-13(7-5-12)20-15-10-14(17)16(15)19-9-8-18-3/h4-7,11,14-16H,8-10H2,1-3H3. The van der Waals surface area contributed by atoms with Gasteiger partial charge in [-0.2, -0.15) is 0 Å². The van der Waals surface area contributed by atoms with Crippen LogP contribution >= 0.6 is 15.9 Å². The van der Waals surface area contributed by atoms with Gasteiger partial charge in [-0.3, -0.25) is 0 Å². The van der Waals surface area contributed by atoms with Gasteiger partial charge in [-0.05, 0) is 23.6 Å². The summed E-state index contributed by atoms with van der Waals surface area (Å²) in [5, 5.41) is 0. The van der Waals surface area contributed by atoms with E-state index in [0.29, 0.717) is 24.0 Å². The minimum atomic E-state index is 0.106. The SMILES string of the molecule is COCCOC1C(Br)CC1Oc1ccc(C(C)C)cc1. The molecule has 0 bridgehead atoms. The topological polar surface area (TPSA) is 27.7 Å². The summed E-state index contributed by atoms with van der Waals surface area (Å²) in [5.74, 6) is 1.46. The number of halogens is 1. The van der Waals surface area contributed by atoms with E-state index in [9.17, 15) is 0 Å². The molecule has 3 nitrogen and oxygen atoms in total. The van der Waals surface area contributed by atoms with Crippen molar-refractivity contribution in [1.82, 2.24) is 0 Å². The maximum absolute atomic E-state index is 6.00. The molecule has 0 saturated heterocycles. The van der Waals surface area contributed by atoms with E-state index >= 15 is 0 Å². The van der Waals surface area contributed by atoms with Gasteiger partial charge in [0, 0.05) is 18.4 Å². The van der Waals surface area contributed by atoms with Crippen molar-refractivity contribution >= 4 is 15.9 Å². The molecular weight excluding hydrogens is 320 g/mol. The third-order valence-electron chi connectivity index (χ3n) is 3.61. The van der Waals surface area contributed by atoms with Gasteiger partial charge >= 0.3 is 0 Å². The average Bonchev–Trinajstić information content (AvgIpc) is 2.43. The van der Waals surface area contributed by atoms with Crippen LogP contribution in [0.3, 0.4) is 0 Å². The molecule has 1 aromatic carbocycles. The molecule has 0 aromatic heterocycles. The minimum absolute atomic E-state index is 0.106. The normalized spacial score (nSPS) is 25.6. The highest BCUT2D eigenvalue weighted by Gasteiger charge is 2.42. The van der Waals surface area contributed by atoms with E-state index in [4.69, 9.17) is 14.2 Å². The fourth-order valence-electron chi connectivity index (χ4n) is 2.23. The zero-order valence-electron chi connectivity index (χ0n) is 12.3. The van der Waals surface area contributed by atoms with E-state index in [1.54, 1.807) is 7.11 Å². The first-order valence-corrected chi connectivity index (χ1v) is 8.04. The van der Waals surface area contributed by atoms with E-state index in [1.807, 2.05) is 12.1 Å². The highest BCUT2D eigenvalue weighted by atomic mass is 79.9. The summed E-state index contributed by atoms with van der Waals surface area (Å²) in [6, 6.07) is 8.35. The molecule has 0 N–H and O–H groups in total. The lowest BCUT2D eigenvalue weighted by Gasteiger charge is -2.40. The van der Waals surface area contributed by atoms with Crippen LogP contribution in [0.25, 0.3) is 0 Å². The van der Waals surface area contributed by atoms with Gasteiger partial charge in [0.2, 0.25) is 0 Å². The maximum Gasteiger partial charge on any atom is 0.127 e. The predicted molar refractivity (Wildman–Crippen MR) is 83.9 cm³/mol. The van der Waals surface area contributed by atoms with Gasteiger partial charge < -0.3 is 14.2 Å². The Labute approximate surface area is 129 Å². The molecule has 1 aliphatic rings. The molecule has 1 saturated carbocycles. The molecule has 0 spiro atoms. The van der Waals surface area contributed by atoms with Crippen LogP contribution in [-0.2, 0) is 9.47 Å². The molecule has 20 heavy (non-hydrogen) atoms. The highest BCUT2D eigenvalue weighted by molar-refractivity contribution is 9.09. The number of rotatable bonds is 7. The number of hydrogen-bond donors (Lipinski definition) is 0. The second kappa shape index (κ2) is 7.43. The van der Waals surface area contributed by atoms with Crippen LogP contribution in [0.2, 0.25) is 0 Å². The van der Waals surface area contributed by atoms with Crippen molar-refractivity contribution in [3.63, 3.8) is 0 Å². The van der Waals surface area contributed by atoms with Crippen LogP contribution in [0.4, 0.5) is 0 Å². The predicted octanol–water partition coefficient (Wildman–Crippen LogP) is 3.76. The average molecular weight is 343 g/mol. The van der Waals surface area contributed by atoms with E-state index in [1.165, 1.54) is 5.56 Å². The van der Waals surface area contributed by atoms with Crippen LogP contribution in [-0.4, -0.2) is 37.4 Å². The monoisotopic (exact) mass is 342 g/mol. The number of methoxy groups -OCH3 is 1. The third-order valence-corrected chi connectivity index (χ3v) is 4.51. The molecule has 1 aromatic rings. The largest absolute Gasteiger partial charge is 0.488 e. The van der Waals surface area contributed by atoms with Crippen molar-refractivity contribution < 1.29 is 14.2 Å². The molecule has 112 valence electrons. The lowest BCUT2D eigenvalue weighted by Crippen LogP contribution is -2.52. The van der Waals surface area contributed by atoms with E-state index in [-0.39, 0.29) is 12.2 Å². The van der Waals surface area contributed by atoms with Crippen molar-refractivity contribution in [2.24, 2.45) is 0 Å². The van der Waals surface area contributed by atoms with Gasteiger partial charge in [-0.25, -0.2) is 0 Å². The second-order valence-electron chi connectivity index (χ2n) is 5.46. The smallest absolute Gasteiger partial charge is 0.127 e. The van der Waals surface area contributed by atoms with Crippen LogP contribution in [0, 0.1) is 0 Å². The van der Waals surface area contributed by atoms with Crippen LogP contribution in [0.5, 0.6) is 5.75 Å². The molecule has 1 fully saturated rings. The number of alkyl halides is 1. The fraction of sp³-hybridized carbons (Fsp3) is 0.625. The Morgan fingerprint density at radius 3 is 2.45 bits per heavy atom. The van der Waals surface area contributed by atoms with Gasteiger partial charge in [-0.1, -0.05) is 41.9 Å². The lowest BCUT2D eigenvalue weighted by molar-refractivity contribution is -0.0865. The van der Waals surface area contributed by atoms with E-state index in [2.05, 4.69) is 41.9 Å². The first-order chi connectivity index (χ1) is 9.61. The molecule has 1 aliphatic carbocycles. The Morgan fingerprint density at radius 2 is 1.90 bits per heavy atom. The van der Waals surface area contributed by atoms with Crippen LogP contribution in [0.1, 0.15) is 31.7 Å². The zero-order valence-corrected chi connectivity index (χ0v) is 13.9. The maximum atomic E-state index is 6.00. The minimum Gasteiger partial charge on any atom is -0.488 e. The van der Waals surface area contributed by atoms with E-state index in [0.717, 1.165) is 12.2 Å². The van der Waals surface area contributed by atoms with Crippen molar-refractivity contribution in [3.05, 3.63) is 29.8 Å². The summed E-state index contributed by atoms with van der Waals surface area (Å²) in [4.78, 5) is 0.374. The Bertz CT molecular complexity index is 405. The third kappa shape index (κ3) is 3.96.